The van der Waals surface area contributed by atoms with Crippen LogP contribution in [0.15, 0.2) is 0 Å². The summed E-state index contributed by atoms with van der Waals surface area (Å²) in [6.45, 7) is 7.31. The first-order valence-corrected chi connectivity index (χ1v) is 6.48. The van der Waals surface area contributed by atoms with Crippen molar-refractivity contribution in [1.82, 2.24) is 10.2 Å². The Morgan fingerprint density at radius 3 is 2.59 bits per heavy atom. The average Bonchev–Trinajstić information content (AvgIpc) is 2.90. The Kier molecular flexibility index (Phi) is 3.15. The molecule has 0 aromatic carbocycles. The smallest absolute Gasteiger partial charge is 0.245 e. The van der Waals surface area contributed by atoms with Crippen molar-refractivity contribution in [3.8, 4) is 0 Å². The van der Waals surface area contributed by atoms with Gasteiger partial charge in [0.25, 0.3) is 0 Å². The molecular weight excluding hydrogens is 216 g/mol. The van der Waals surface area contributed by atoms with Crippen molar-refractivity contribution in [3.05, 3.63) is 0 Å². The fourth-order valence-electron chi connectivity index (χ4n) is 2.37. The maximum Gasteiger partial charge on any atom is 0.245 e. The van der Waals surface area contributed by atoms with Crippen molar-refractivity contribution >= 4 is 11.8 Å². The zero-order chi connectivity index (χ0) is 12.6. The van der Waals surface area contributed by atoms with Crippen molar-refractivity contribution in [2.75, 3.05) is 13.1 Å². The summed E-state index contributed by atoms with van der Waals surface area (Å²) in [5, 5.41) is 2.80. The van der Waals surface area contributed by atoms with Gasteiger partial charge >= 0.3 is 0 Å². The molecule has 96 valence electrons. The number of nitrogens with one attached hydrogen (secondary N) is 1. The molecule has 2 aliphatic rings. The Morgan fingerprint density at radius 2 is 2.06 bits per heavy atom. The molecule has 1 heterocycles. The van der Waals surface area contributed by atoms with Crippen LogP contribution in [0.5, 0.6) is 0 Å². The van der Waals surface area contributed by atoms with Crippen molar-refractivity contribution in [3.63, 3.8) is 0 Å². The lowest BCUT2D eigenvalue weighted by atomic mass is 10.00. The molecule has 2 amide bonds. The van der Waals surface area contributed by atoms with E-state index in [2.05, 4.69) is 26.1 Å². The molecule has 1 N–H and O–H groups in total. The summed E-state index contributed by atoms with van der Waals surface area (Å²) in [6.07, 6.45) is 3.08. The lowest BCUT2D eigenvalue weighted by Crippen LogP contribution is -2.59. The van der Waals surface area contributed by atoms with Gasteiger partial charge in [-0.2, -0.15) is 0 Å². The van der Waals surface area contributed by atoms with Crippen LogP contribution < -0.4 is 5.32 Å². The summed E-state index contributed by atoms with van der Waals surface area (Å²) in [4.78, 5) is 25.6. The molecule has 1 aliphatic carbocycles. The lowest BCUT2D eigenvalue weighted by Gasteiger charge is -2.34. The van der Waals surface area contributed by atoms with Gasteiger partial charge in [-0.05, 0) is 30.6 Å². The maximum absolute atomic E-state index is 12.2. The van der Waals surface area contributed by atoms with Gasteiger partial charge in [-0.25, -0.2) is 0 Å². The highest BCUT2D eigenvalue weighted by Gasteiger charge is 2.43. The summed E-state index contributed by atoms with van der Waals surface area (Å²) in [7, 11) is 0. The minimum absolute atomic E-state index is 0.0144. The van der Waals surface area contributed by atoms with E-state index >= 15 is 0 Å². The molecule has 17 heavy (non-hydrogen) atoms. The first kappa shape index (κ1) is 12.4. The molecule has 1 saturated carbocycles. The highest BCUT2D eigenvalue weighted by Crippen LogP contribution is 2.45. The third-order valence-corrected chi connectivity index (χ3v) is 3.66. The number of hydrogen-bond acceptors (Lipinski definition) is 2. The minimum Gasteiger partial charge on any atom is -0.343 e. The van der Waals surface area contributed by atoms with E-state index in [4.69, 9.17) is 0 Å². The quantitative estimate of drug-likeness (QED) is 0.799. The predicted octanol–water partition coefficient (Wildman–Crippen LogP) is 1.16. The lowest BCUT2D eigenvalue weighted by molar-refractivity contribution is -0.145. The third kappa shape index (κ3) is 2.99. The number of nitrogens with zero attached hydrogens (tertiary/aromatic N) is 1. The van der Waals surface area contributed by atoms with Gasteiger partial charge < -0.3 is 10.2 Å². The van der Waals surface area contributed by atoms with Gasteiger partial charge in [0.15, 0.2) is 0 Å². The molecule has 1 unspecified atom stereocenters. The van der Waals surface area contributed by atoms with Gasteiger partial charge in [0, 0.05) is 6.54 Å². The molecule has 0 bridgehead atoms. The maximum atomic E-state index is 12.2. The van der Waals surface area contributed by atoms with Gasteiger partial charge in [0.2, 0.25) is 11.8 Å². The van der Waals surface area contributed by atoms with Crippen LogP contribution in [0.2, 0.25) is 0 Å². The number of amides is 2. The van der Waals surface area contributed by atoms with Crippen LogP contribution in [0.1, 0.15) is 40.0 Å². The summed E-state index contributed by atoms with van der Waals surface area (Å²) in [6, 6.07) is -0.307. The highest BCUT2D eigenvalue weighted by molar-refractivity contribution is 5.94. The van der Waals surface area contributed by atoms with Gasteiger partial charge in [0.1, 0.15) is 6.04 Å². The Hall–Kier alpha value is -1.06. The SMILES string of the molecule is CC(C)CC1NC(=O)CN(CC2(C)CC2)C1=O. The fourth-order valence-corrected chi connectivity index (χ4v) is 2.37. The average molecular weight is 238 g/mol. The zero-order valence-electron chi connectivity index (χ0n) is 11.0. The van der Waals surface area contributed by atoms with Crippen LogP contribution in [-0.2, 0) is 9.59 Å². The first-order chi connectivity index (χ1) is 7.89. The Morgan fingerprint density at radius 1 is 1.41 bits per heavy atom. The number of carbonyl (C=O) groups is 2. The number of rotatable bonds is 4. The van der Waals surface area contributed by atoms with Crippen LogP contribution in [0.25, 0.3) is 0 Å². The Labute approximate surface area is 103 Å². The van der Waals surface area contributed by atoms with Gasteiger partial charge in [0.05, 0.1) is 6.54 Å². The second-order valence-corrected chi connectivity index (χ2v) is 6.25. The van der Waals surface area contributed by atoms with E-state index in [-0.39, 0.29) is 29.8 Å². The van der Waals surface area contributed by atoms with E-state index in [1.807, 2.05) is 0 Å². The molecule has 1 saturated heterocycles. The van der Waals surface area contributed by atoms with Crippen molar-refractivity contribution in [2.24, 2.45) is 11.3 Å². The normalized spacial score (nSPS) is 27.3. The second-order valence-electron chi connectivity index (χ2n) is 6.25. The molecule has 1 atom stereocenters. The second kappa shape index (κ2) is 4.31. The van der Waals surface area contributed by atoms with E-state index in [1.54, 1.807) is 4.90 Å². The van der Waals surface area contributed by atoms with E-state index < -0.39 is 0 Å². The summed E-state index contributed by atoms with van der Waals surface area (Å²) in [5.74, 6) is 0.506. The Balaban J connectivity index is 2.00. The Bertz CT molecular complexity index is 334. The molecule has 4 heteroatoms. The molecule has 0 spiro atoms. The zero-order valence-corrected chi connectivity index (χ0v) is 11.0. The number of carbonyl (C=O) groups excluding carboxylic acids is 2. The van der Waals surface area contributed by atoms with Crippen molar-refractivity contribution in [2.45, 2.75) is 46.1 Å². The molecule has 0 aromatic heterocycles. The van der Waals surface area contributed by atoms with Crippen LogP contribution >= 0.6 is 0 Å². The molecule has 2 rings (SSSR count). The molecule has 1 aliphatic heterocycles. The number of piperazine rings is 1. The van der Waals surface area contributed by atoms with E-state index in [0.717, 1.165) is 13.0 Å². The summed E-state index contributed by atoms with van der Waals surface area (Å²) >= 11 is 0. The van der Waals surface area contributed by atoms with E-state index in [1.165, 1.54) is 12.8 Å². The van der Waals surface area contributed by atoms with Crippen LogP contribution in [0.4, 0.5) is 0 Å². The number of hydrogen-bond donors (Lipinski definition) is 1. The molecule has 0 radical (unpaired) electrons. The standard InChI is InChI=1S/C13H22N2O2/c1-9(2)6-10-12(17)15(7-11(16)14-10)8-13(3)4-5-13/h9-10H,4-8H2,1-3H3,(H,14,16). The largest absolute Gasteiger partial charge is 0.343 e. The van der Waals surface area contributed by atoms with E-state index in [9.17, 15) is 9.59 Å². The molecule has 4 nitrogen and oxygen atoms in total. The fraction of sp³-hybridized carbons (Fsp3) is 0.846. The highest BCUT2D eigenvalue weighted by atomic mass is 16.2. The van der Waals surface area contributed by atoms with Crippen molar-refractivity contribution < 1.29 is 9.59 Å². The van der Waals surface area contributed by atoms with Crippen LogP contribution in [-0.4, -0.2) is 35.8 Å². The van der Waals surface area contributed by atoms with Crippen molar-refractivity contribution in [1.29, 1.82) is 0 Å². The minimum atomic E-state index is -0.307. The summed E-state index contributed by atoms with van der Waals surface area (Å²) in [5.41, 5.74) is 0.273. The molecule has 2 fully saturated rings. The van der Waals surface area contributed by atoms with Crippen LogP contribution in [0.3, 0.4) is 0 Å². The molecular formula is C13H22N2O2. The van der Waals surface area contributed by atoms with Crippen LogP contribution in [0, 0.1) is 11.3 Å². The van der Waals surface area contributed by atoms with Gasteiger partial charge in [-0.1, -0.05) is 20.8 Å². The van der Waals surface area contributed by atoms with Gasteiger partial charge in [-0.3, -0.25) is 9.59 Å². The first-order valence-electron chi connectivity index (χ1n) is 6.48. The monoisotopic (exact) mass is 238 g/mol. The van der Waals surface area contributed by atoms with Gasteiger partial charge in [-0.15, -0.1) is 0 Å². The topological polar surface area (TPSA) is 49.4 Å². The predicted molar refractivity (Wildman–Crippen MR) is 65.3 cm³/mol. The summed E-state index contributed by atoms with van der Waals surface area (Å²) < 4.78 is 0. The molecule has 0 aromatic rings. The van der Waals surface area contributed by atoms with E-state index in [0.29, 0.717) is 5.92 Å². The third-order valence-electron chi connectivity index (χ3n) is 3.66.